The summed E-state index contributed by atoms with van der Waals surface area (Å²) in [6, 6.07) is 6.45. The van der Waals surface area contributed by atoms with Crippen LogP contribution in [0.3, 0.4) is 0 Å². The van der Waals surface area contributed by atoms with Gasteiger partial charge in [0.2, 0.25) is 0 Å². The van der Waals surface area contributed by atoms with Crippen LogP contribution in [-0.4, -0.2) is 9.97 Å². The van der Waals surface area contributed by atoms with Crippen LogP contribution in [0, 0.1) is 0 Å². The van der Waals surface area contributed by atoms with Crippen molar-refractivity contribution in [3.05, 3.63) is 55.5 Å². The number of aromatic amines is 2. The normalized spacial score (nSPS) is 14.3. The average molecular weight is 298 g/mol. The second-order valence-electron chi connectivity index (χ2n) is 5.45. The minimum Gasteiger partial charge on any atom is -0.298 e. The number of benzene rings is 1. The Balaban J connectivity index is 1.95. The van der Waals surface area contributed by atoms with Crippen LogP contribution >= 0.6 is 11.3 Å². The highest BCUT2D eigenvalue weighted by Gasteiger charge is 2.14. The SMILES string of the molecule is O=c1[nH]c(=O)c2c(-c3ccc4c(c3)CCCC4)csc2[nH]1. The van der Waals surface area contributed by atoms with E-state index in [9.17, 15) is 9.59 Å². The summed E-state index contributed by atoms with van der Waals surface area (Å²) in [5, 5.41) is 2.52. The lowest BCUT2D eigenvalue weighted by molar-refractivity contribution is 0.686. The van der Waals surface area contributed by atoms with Crippen LogP contribution in [0.25, 0.3) is 21.3 Å². The molecule has 0 aliphatic heterocycles. The maximum Gasteiger partial charge on any atom is 0.326 e. The molecular weight excluding hydrogens is 284 g/mol. The third-order valence-corrected chi connectivity index (χ3v) is 5.03. The lowest BCUT2D eigenvalue weighted by Crippen LogP contribution is -2.21. The van der Waals surface area contributed by atoms with Crippen molar-refractivity contribution in [3.63, 3.8) is 0 Å². The second-order valence-corrected chi connectivity index (χ2v) is 6.33. The molecule has 0 unspecified atom stereocenters. The fourth-order valence-corrected chi connectivity index (χ4v) is 4.05. The Morgan fingerprint density at radius 2 is 1.81 bits per heavy atom. The lowest BCUT2D eigenvalue weighted by Gasteiger charge is -2.16. The molecule has 2 heterocycles. The number of aryl methyl sites for hydroxylation is 2. The zero-order valence-electron chi connectivity index (χ0n) is 11.4. The molecule has 0 saturated carbocycles. The van der Waals surface area contributed by atoms with Gasteiger partial charge < -0.3 is 0 Å². The van der Waals surface area contributed by atoms with E-state index >= 15 is 0 Å². The Morgan fingerprint density at radius 1 is 1.00 bits per heavy atom. The molecule has 0 radical (unpaired) electrons. The predicted molar refractivity (Wildman–Crippen MR) is 85.1 cm³/mol. The molecule has 0 saturated heterocycles. The van der Waals surface area contributed by atoms with Crippen molar-refractivity contribution in [1.29, 1.82) is 0 Å². The van der Waals surface area contributed by atoms with Crippen LogP contribution in [0.2, 0.25) is 0 Å². The minimum atomic E-state index is -0.452. The maximum absolute atomic E-state index is 12.1. The summed E-state index contributed by atoms with van der Waals surface area (Å²) in [4.78, 5) is 29.0. The van der Waals surface area contributed by atoms with Crippen molar-refractivity contribution in [1.82, 2.24) is 9.97 Å². The van der Waals surface area contributed by atoms with Crippen molar-refractivity contribution in [2.75, 3.05) is 0 Å². The van der Waals surface area contributed by atoms with E-state index in [1.54, 1.807) is 0 Å². The van der Waals surface area contributed by atoms with Crippen LogP contribution in [-0.2, 0) is 12.8 Å². The predicted octanol–water partition coefficient (Wildman–Crippen LogP) is 2.82. The molecule has 106 valence electrons. The first-order valence-electron chi connectivity index (χ1n) is 7.08. The highest BCUT2D eigenvalue weighted by molar-refractivity contribution is 7.17. The lowest BCUT2D eigenvalue weighted by atomic mass is 9.89. The van der Waals surface area contributed by atoms with E-state index in [-0.39, 0.29) is 5.56 Å². The third kappa shape index (κ3) is 2.05. The molecule has 4 rings (SSSR count). The van der Waals surface area contributed by atoms with Gasteiger partial charge in [-0.3, -0.25) is 14.8 Å². The van der Waals surface area contributed by atoms with Crippen molar-refractivity contribution in [2.24, 2.45) is 0 Å². The molecule has 4 nitrogen and oxygen atoms in total. The summed E-state index contributed by atoms with van der Waals surface area (Å²) < 4.78 is 0. The molecule has 2 aromatic heterocycles. The van der Waals surface area contributed by atoms with Crippen LogP contribution in [0.4, 0.5) is 0 Å². The van der Waals surface area contributed by atoms with E-state index in [1.165, 1.54) is 35.3 Å². The molecule has 5 heteroatoms. The van der Waals surface area contributed by atoms with Gasteiger partial charge in [0.25, 0.3) is 5.56 Å². The van der Waals surface area contributed by atoms with Crippen LogP contribution in [0.5, 0.6) is 0 Å². The molecule has 1 aliphatic carbocycles. The number of hydrogen-bond donors (Lipinski definition) is 2. The first kappa shape index (κ1) is 12.6. The molecule has 0 spiro atoms. The Morgan fingerprint density at radius 3 is 2.67 bits per heavy atom. The van der Waals surface area contributed by atoms with Gasteiger partial charge >= 0.3 is 5.69 Å². The van der Waals surface area contributed by atoms with Crippen LogP contribution in [0.15, 0.2) is 33.2 Å². The van der Waals surface area contributed by atoms with Crippen molar-refractivity contribution in [2.45, 2.75) is 25.7 Å². The van der Waals surface area contributed by atoms with Gasteiger partial charge in [-0.1, -0.05) is 18.2 Å². The molecule has 1 aliphatic rings. The van der Waals surface area contributed by atoms with E-state index < -0.39 is 5.69 Å². The summed E-state index contributed by atoms with van der Waals surface area (Å²) in [6.45, 7) is 0. The standard InChI is InChI=1S/C16H14N2O2S/c19-14-13-12(8-21-15(13)18-16(20)17-14)11-6-5-9-3-1-2-4-10(9)7-11/h5-8H,1-4H2,(H2,17,18,19,20). The molecule has 2 N–H and O–H groups in total. The van der Waals surface area contributed by atoms with E-state index in [0.717, 1.165) is 24.0 Å². The molecule has 21 heavy (non-hydrogen) atoms. The zero-order valence-corrected chi connectivity index (χ0v) is 12.2. The van der Waals surface area contributed by atoms with Crippen molar-refractivity contribution in [3.8, 4) is 11.1 Å². The summed E-state index contributed by atoms with van der Waals surface area (Å²) in [5.41, 5.74) is 4.00. The summed E-state index contributed by atoms with van der Waals surface area (Å²) in [5.74, 6) is 0. The molecule has 0 atom stereocenters. The molecule has 0 bridgehead atoms. The smallest absolute Gasteiger partial charge is 0.298 e. The number of nitrogens with one attached hydrogen (secondary N) is 2. The van der Waals surface area contributed by atoms with Gasteiger partial charge in [0.1, 0.15) is 4.83 Å². The summed E-state index contributed by atoms with van der Waals surface area (Å²) >= 11 is 1.40. The Labute approximate surface area is 124 Å². The number of H-pyrrole nitrogens is 2. The van der Waals surface area contributed by atoms with E-state index in [2.05, 4.69) is 28.2 Å². The highest BCUT2D eigenvalue weighted by Crippen LogP contribution is 2.32. The van der Waals surface area contributed by atoms with Gasteiger partial charge in [-0.05, 0) is 42.4 Å². The molecule has 0 fully saturated rings. The van der Waals surface area contributed by atoms with Crippen LogP contribution < -0.4 is 11.2 Å². The molecule has 0 amide bonds. The average Bonchev–Trinajstić information content (AvgIpc) is 2.90. The Bertz CT molecular complexity index is 949. The Kier molecular flexibility index (Phi) is 2.82. The van der Waals surface area contributed by atoms with E-state index in [1.807, 2.05) is 5.38 Å². The van der Waals surface area contributed by atoms with Crippen LogP contribution in [0.1, 0.15) is 24.0 Å². The molecular formula is C16H14N2O2S. The topological polar surface area (TPSA) is 65.7 Å². The van der Waals surface area contributed by atoms with E-state index in [0.29, 0.717) is 10.2 Å². The first-order chi connectivity index (χ1) is 10.2. The van der Waals surface area contributed by atoms with Crippen molar-refractivity contribution >= 4 is 21.6 Å². The Hall–Kier alpha value is -2.14. The summed E-state index contributed by atoms with van der Waals surface area (Å²) in [6.07, 6.45) is 4.75. The quantitative estimate of drug-likeness (QED) is 0.725. The fourth-order valence-electron chi connectivity index (χ4n) is 3.09. The number of aromatic nitrogens is 2. The minimum absolute atomic E-state index is 0.317. The third-order valence-electron chi connectivity index (χ3n) is 4.13. The van der Waals surface area contributed by atoms with Gasteiger partial charge in [-0.2, -0.15) is 0 Å². The summed E-state index contributed by atoms with van der Waals surface area (Å²) in [7, 11) is 0. The molecule has 3 aromatic rings. The van der Waals surface area contributed by atoms with Gasteiger partial charge in [0.15, 0.2) is 0 Å². The van der Waals surface area contributed by atoms with Gasteiger partial charge in [-0.15, -0.1) is 11.3 Å². The largest absolute Gasteiger partial charge is 0.326 e. The highest BCUT2D eigenvalue weighted by atomic mass is 32.1. The van der Waals surface area contributed by atoms with E-state index in [4.69, 9.17) is 0 Å². The number of hydrogen-bond acceptors (Lipinski definition) is 3. The van der Waals surface area contributed by atoms with Gasteiger partial charge in [-0.25, -0.2) is 4.79 Å². The maximum atomic E-state index is 12.1. The number of thiophene rings is 1. The van der Waals surface area contributed by atoms with Gasteiger partial charge in [0.05, 0.1) is 5.39 Å². The fraction of sp³-hybridized carbons (Fsp3) is 0.250. The van der Waals surface area contributed by atoms with Gasteiger partial charge in [0, 0.05) is 10.9 Å². The number of rotatable bonds is 1. The second kappa shape index (κ2) is 4.70. The van der Waals surface area contributed by atoms with Crippen molar-refractivity contribution < 1.29 is 0 Å². The number of fused-ring (bicyclic) bond motifs is 2. The molecule has 1 aromatic carbocycles. The monoisotopic (exact) mass is 298 g/mol. The zero-order chi connectivity index (χ0) is 14.4. The first-order valence-corrected chi connectivity index (χ1v) is 7.96.